The lowest BCUT2D eigenvalue weighted by Crippen LogP contribution is -2.32. The average molecular weight is 179 g/mol. The second-order valence-electron chi connectivity index (χ2n) is 3.53. The second-order valence-corrected chi connectivity index (χ2v) is 3.53. The number of hydrogen-bond acceptors (Lipinski definition) is 3. The second kappa shape index (κ2) is 3.01. The summed E-state index contributed by atoms with van der Waals surface area (Å²) >= 11 is 0. The molecule has 2 unspecified atom stereocenters. The van der Waals surface area contributed by atoms with Gasteiger partial charge in [-0.15, -0.1) is 0 Å². The van der Waals surface area contributed by atoms with Gasteiger partial charge in [0.1, 0.15) is 5.75 Å². The van der Waals surface area contributed by atoms with Gasteiger partial charge >= 0.3 is 0 Å². The highest BCUT2D eigenvalue weighted by molar-refractivity contribution is 5.38. The summed E-state index contributed by atoms with van der Waals surface area (Å²) in [7, 11) is 0. The quantitative estimate of drug-likeness (QED) is 0.549. The Balaban J connectivity index is 2.44. The fourth-order valence-electron chi connectivity index (χ4n) is 1.81. The molecule has 0 spiro atoms. The fourth-order valence-corrected chi connectivity index (χ4v) is 1.81. The summed E-state index contributed by atoms with van der Waals surface area (Å²) in [6, 6.07) is 4.86. The van der Waals surface area contributed by atoms with Gasteiger partial charge in [-0.2, -0.15) is 0 Å². The van der Waals surface area contributed by atoms with E-state index in [2.05, 4.69) is 0 Å². The van der Waals surface area contributed by atoms with Crippen molar-refractivity contribution < 1.29 is 10.2 Å². The maximum absolute atomic E-state index is 9.71. The summed E-state index contributed by atoms with van der Waals surface area (Å²) < 4.78 is 0. The molecule has 0 saturated heterocycles. The van der Waals surface area contributed by atoms with Crippen LogP contribution in [0.5, 0.6) is 5.75 Å². The van der Waals surface area contributed by atoms with Crippen molar-refractivity contribution >= 4 is 0 Å². The Bertz CT molecular complexity index is 325. The molecule has 0 amide bonds. The van der Waals surface area contributed by atoms with Crippen LogP contribution in [-0.2, 0) is 6.42 Å². The Morgan fingerprint density at radius 2 is 2.15 bits per heavy atom. The molecule has 0 saturated carbocycles. The summed E-state index contributed by atoms with van der Waals surface area (Å²) in [4.78, 5) is 0. The third-order valence-corrected chi connectivity index (χ3v) is 2.60. The zero-order valence-electron chi connectivity index (χ0n) is 7.27. The number of phenols is 1. The number of aliphatic hydroxyl groups excluding tert-OH is 1. The van der Waals surface area contributed by atoms with Gasteiger partial charge in [0.2, 0.25) is 0 Å². The number of benzene rings is 1. The lowest BCUT2D eigenvalue weighted by Gasteiger charge is -2.27. The maximum Gasteiger partial charge on any atom is 0.115 e. The van der Waals surface area contributed by atoms with Gasteiger partial charge in [0.15, 0.2) is 0 Å². The molecule has 1 aromatic rings. The van der Waals surface area contributed by atoms with Crippen molar-refractivity contribution in [1.29, 1.82) is 0 Å². The zero-order valence-corrected chi connectivity index (χ0v) is 7.27. The van der Waals surface area contributed by atoms with Crippen LogP contribution in [-0.4, -0.2) is 16.3 Å². The van der Waals surface area contributed by atoms with Crippen LogP contribution < -0.4 is 5.73 Å². The normalized spacial score (nSPS) is 26.9. The molecular weight excluding hydrogens is 166 g/mol. The third-order valence-electron chi connectivity index (χ3n) is 2.60. The van der Waals surface area contributed by atoms with Crippen molar-refractivity contribution in [2.24, 2.45) is 5.73 Å². The van der Waals surface area contributed by atoms with Crippen LogP contribution in [0.25, 0.3) is 0 Å². The first-order valence-electron chi connectivity index (χ1n) is 4.44. The van der Waals surface area contributed by atoms with E-state index in [-0.39, 0.29) is 11.8 Å². The van der Waals surface area contributed by atoms with Crippen molar-refractivity contribution in [2.45, 2.75) is 25.0 Å². The molecule has 0 radical (unpaired) electrons. The third kappa shape index (κ3) is 1.41. The molecule has 2 atom stereocenters. The van der Waals surface area contributed by atoms with E-state index >= 15 is 0 Å². The number of rotatable bonds is 0. The molecule has 13 heavy (non-hydrogen) atoms. The van der Waals surface area contributed by atoms with E-state index in [4.69, 9.17) is 5.73 Å². The van der Waals surface area contributed by atoms with Crippen LogP contribution in [0, 0.1) is 0 Å². The van der Waals surface area contributed by atoms with E-state index in [0.717, 1.165) is 24.0 Å². The van der Waals surface area contributed by atoms with Crippen molar-refractivity contribution in [2.75, 3.05) is 0 Å². The van der Waals surface area contributed by atoms with Gasteiger partial charge in [-0.05, 0) is 36.1 Å². The van der Waals surface area contributed by atoms with Gasteiger partial charge in [0.05, 0.1) is 6.10 Å². The van der Waals surface area contributed by atoms with Crippen molar-refractivity contribution in [3.8, 4) is 5.75 Å². The fraction of sp³-hybridized carbons (Fsp3) is 0.400. The molecule has 0 heterocycles. The van der Waals surface area contributed by atoms with Gasteiger partial charge in [0, 0.05) is 6.04 Å². The Kier molecular flexibility index (Phi) is 1.98. The van der Waals surface area contributed by atoms with E-state index in [1.807, 2.05) is 0 Å². The lowest BCUT2D eigenvalue weighted by molar-refractivity contribution is 0.133. The Morgan fingerprint density at radius 3 is 2.92 bits per heavy atom. The molecule has 1 aromatic carbocycles. The van der Waals surface area contributed by atoms with Gasteiger partial charge in [-0.1, -0.05) is 6.07 Å². The molecule has 0 aromatic heterocycles. The first-order valence-corrected chi connectivity index (χ1v) is 4.44. The number of aromatic hydroxyl groups is 1. The number of aliphatic hydroxyl groups is 1. The van der Waals surface area contributed by atoms with Crippen LogP contribution in [0.1, 0.15) is 23.7 Å². The summed E-state index contributed by atoms with van der Waals surface area (Å²) in [6.07, 6.45) is 1.03. The highest BCUT2D eigenvalue weighted by atomic mass is 16.3. The smallest absolute Gasteiger partial charge is 0.115 e. The van der Waals surface area contributed by atoms with Gasteiger partial charge < -0.3 is 15.9 Å². The van der Waals surface area contributed by atoms with E-state index in [1.54, 1.807) is 18.2 Å². The van der Waals surface area contributed by atoms with E-state index < -0.39 is 6.10 Å². The molecule has 0 bridgehead atoms. The molecular formula is C10H13NO2. The van der Waals surface area contributed by atoms with Crippen LogP contribution in [0.15, 0.2) is 18.2 Å². The summed E-state index contributed by atoms with van der Waals surface area (Å²) in [5.74, 6) is 0.251. The van der Waals surface area contributed by atoms with Crippen LogP contribution in [0.3, 0.4) is 0 Å². The lowest BCUT2D eigenvalue weighted by atomic mass is 9.86. The predicted octanol–water partition coefficient (Wildman–Crippen LogP) is 0.699. The number of phenolic OH excluding ortho intramolecular Hbond substituents is 1. The maximum atomic E-state index is 9.71. The SMILES string of the molecule is NC1CCc2cc(O)ccc2C1O. The zero-order chi connectivity index (χ0) is 9.42. The predicted molar refractivity (Wildman–Crippen MR) is 49.4 cm³/mol. The van der Waals surface area contributed by atoms with E-state index in [9.17, 15) is 10.2 Å². The monoisotopic (exact) mass is 179 g/mol. The molecule has 0 aliphatic heterocycles. The van der Waals surface area contributed by atoms with E-state index in [1.165, 1.54) is 0 Å². The number of fused-ring (bicyclic) bond motifs is 1. The van der Waals surface area contributed by atoms with Crippen molar-refractivity contribution in [3.63, 3.8) is 0 Å². The largest absolute Gasteiger partial charge is 0.508 e. The Labute approximate surface area is 76.8 Å². The van der Waals surface area contributed by atoms with Crippen LogP contribution >= 0.6 is 0 Å². The molecule has 70 valence electrons. The molecule has 1 aliphatic rings. The molecule has 3 nitrogen and oxygen atoms in total. The first-order chi connectivity index (χ1) is 6.18. The summed E-state index contributed by atoms with van der Waals surface area (Å²) in [5, 5.41) is 18.9. The molecule has 0 fully saturated rings. The van der Waals surface area contributed by atoms with Gasteiger partial charge in [0.25, 0.3) is 0 Å². The van der Waals surface area contributed by atoms with Crippen molar-refractivity contribution in [1.82, 2.24) is 0 Å². The Hall–Kier alpha value is -1.06. The summed E-state index contributed by atoms with van der Waals surface area (Å²) in [6.45, 7) is 0. The van der Waals surface area contributed by atoms with Gasteiger partial charge in [-0.3, -0.25) is 0 Å². The minimum Gasteiger partial charge on any atom is -0.508 e. The standard InChI is InChI=1S/C10H13NO2/c11-9-4-1-6-5-7(12)2-3-8(6)10(9)13/h2-3,5,9-10,12-13H,1,4,11H2. The molecule has 4 N–H and O–H groups in total. The minimum absolute atomic E-state index is 0.169. The van der Waals surface area contributed by atoms with Crippen LogP contribution in [0.4, 0.5) is 0 Å². The highest BCUT2D eigenvalue weighted by Gasteiger charge is 2.24. The van der Waals surface area contributed by atoms with E-state index in [0.29, 0.717) is 0 Å². The topological polar surface area (TPSA) is 66.5 Å². The minimum atomic E-state index is -0.579. The highest BCUT2D eigenvalue weighted by Crippen LogP contribution is 2.30. The molecule has 3 heteroatoms. The number of nitrogens with two attached hydrogens (primary N) is 1. The Morgan fingerprint density at radius 1 is 1.38 bits per heavy atom. The average Bonchev–Trinajstić information content (AvgIpc) is 2.12. The van der Waals surface area contributed by atoms with Crippen LogP contribution in [0.2, 0.25) is 0 Å². The molecule has 1 aliphatic carbocycles. The first kappa shape index (κ1) is 8.53. The molecule has 2 rings (SSSR count). The number of aryl methyl sites for hydroxylation is 1. The number of hydrogen-bond donors (Lipinski definition) is 3. The van der Waals surface area contributed by atoms with Gasteiger partial charge in [-0.25, -0.2) is 0 Å². The van der Waals surface area contributed by atoms with Crippen molar-refractivity contribution in [3.05, 3.63) is 29.3 Å². The summed E-state index contributed by atoms with van der Waals surface area (Å²) in [5.41, 5.74) is 7.59.